The molecule has 3 aliphatic rings. The maximum absolute atomic E-state index is 9.39. The Morgan fingerprint density at radius 1 is 0.938 bits per heavy atom. The average molecular weight is 211 g/mol. The molecule has 2 atom stereocenters. The van der Waals surface area contributed by atoms with Gasteiger partial charge in [-0.3, -0.25) is 0 Å². The monoisotopic (exact) mass is 211 g/mol. The van der Waals surface area contributed by atoms with Gasteiger partial charge in [0.05, 0.1) is 12.0 Å². The van der Waals surface area contributed by atoms with Crippen molar-refractivity contribution in [3.8, 4) is 6.07 Å². The SMILES string of the molecule is N#C[C@@H]1C2CCC(CC2)[C@@H]1c1ccccc1. The van der Waals surface area contributed by atoms with Crippen LogP contribution in [0.25, 0.3) is 0 Å². The summed E-state index contributed by atoms with van der Waals surface area (Å²) in [7, 11) is 0. The molecule has 0 N–H and O–H groups in total. The van der Waals surface area contributed by atoms with Crippen LogP contribution in [0.15, 0.2) is 30.3 Å². The first-order valence-corrected chi connectivity index (χ1v) is 6.34. The molecule has 0 spiro atoms. The highest BCUT2D eigenvalue weighted by atomic mass is 14.5. The predicted molar refractivity (Wildman–Crippen MR) is 63.7 cm³/mol. The number of benzene rings is 1. The topological polar surface area (TPSA) is 23.8 Å². The summed E-state index contributed by atoms with van der Waals surface area (Å²) in [5.41, 5.74) is 1.39. The second-order valence-corrected chi connectivity index (χ2v) is 5.27. The third-order valence-corrected chi connectivity index (χ3v) is 4.55. The van der Waals surface area contributed by atoms with Gasteiger partial charge in [-0.05, 0) is 43.1 Å². The van der Waals surface area contributed by atoms with Gasteiger partial charge in [0.2, 0.25) is 0 Å². The average Bonchev–Trinajstić information content (AvgIpc) is 2.40. The van der Waals surface area contributed by atoms with Crippen molar-refractivity contribution < 1.29 is 0 Å². The van der Waals surface area contributed by atoms with Crippen molar-refractivity contribution in [1.82, 2.24) is 0 Å². The third kappa shape index (κ3) is 1.45. The zero-order valence-electron chi connectivity index (χ0n) is 9.47. The Kier molecular flexibility index (Phi) is 2.44. The summed E-state index contributed by atoms with van der Waals surface area (Å²) in [6.07, 6.45) is 5.24. The van der Waals surface area contributed by atoms with Crippen molar-refractivity contribution in [2.45, 2.75) is 31.6 Å². The summed E-state index contributed by atoms with van der Waals surface area (Å²) >= 11 is 0. The van der Waals surface area contributed by atoms with Crippen LogP contribution in [-0.4, -0.2) is 0 Å². The Labute approximate surface area is 97.1 Å². The molecule has 3 fully saturated rings. The van der Waals surface area contributed by atoms with Gasteiger partial charge in [-0.2, -0.15) is 5.26 Å². The van der Waals surface area contributed by atoms with E-state index in [1.54, 1.807) is 0 Å². The second-order valence-electron chi connectivity index (χ2n) is 5.27. The minimum absolute atomic E-state index is 0.273. The first-order chi connectivity index (χ1) is 7.90. The minimum atomic E-state index is 0.273. The van der Waals surface area contributed by atoms with Crippen LogP contribution in [0.3, 0.4) is 0 Å². The van der Waals surface area contributed by atoms with Crippen LogP contribution >= 0.6 is 0 Å². The Bertz CT molecular complexity index is 395. The molecule has 0 aliphatic heterocycles. The van der Waals surface area contributed by atoms with E-state index in [1.165, 1.54) is 31.2 Å². The van der Waals surface area contributed by atoms with Crippen molar-refractivity contribution in [2.24, 2.45) is 17.8 Å². The first-order valence-electron chi connectivity index (χ1n) is 6.34. The molecule has 0 saturated heterocycles. The fourth-order valence-corrected chi connectivity index (χ4v) is 3.79. The molecule has 1 aromatic carbocycles. The van der Waals surface area contributed by atoms with Crippen LogP contribution < -0.4 is 0 Å². The van der Waals surface area contributed by atoms with E-state index in [1.807, 2.05) is 0 Å². The van der Waals surface area contributed by atoms with Crippen molar-refractivity contribution in [3.05, 3.63) is 35.9 Å². The lowest BCUT2D eigenvalue weighted by Gasteiger charge is -2.46. The number of nitrogens with zero attached hydrogens (tertiary/aromatic N) is 1. The number of fused-ring (bicyclic) bond motifs is 3. The summed E-state index contributed by atoms with van der Waals surface area (Å²) < 4.78 is 0. The lowest BCUT2D eigenvalue weighted by atomic mass is 9.57. The van der Waals surface area contributed by atoms with Gasteiger partial charge in [0.25, 0.3) is 0 Å². The summed E-state index contributed by atoms with van der Waals surface area (Å²) in [5, 5.41) is 9.39. The highest BCUT2D eigenvalue weighted by Crippen LogP contribution is 2.52. The third-order valence-electron chi connectivity index (χ3n) is 4.55. The van der Waals surface area contributed by atoms with Gasteiger partial charge in [-0.1, -0.05) is 30.3 Å². The largest absolute Gasteiger partial charge is 0.198 e. The van der Waals surface area contributed by atoms with Gasteiger partial charge in [0, 0.05) is 5.92 Å². The fraction of sp³-hybridized carbons (Fsp3) is 0.533. The fourth-order valence-electron chi connectivity index (χ4n) is 3.79. The Balaban J connectivity index is 1.97. The molecule has 0 heterocycles. The van der Waals surface area contributed by atoms with E-state index in [0.717, 1.165) is 5.92 Å². The molecular weight excluding hydrogens is 194 g/mol. The van der Waals surface area contributed by atoms with E-state index in [9.17, 15) is 5.26 Å². The molecule has 82 valence electrons. The molecule has 0 radical (unpaired) electrons. The van der Waals surface area contributed by atoms with E-state index in [4.69, 9.17) is 0 Å². The first kappa shape index (κ1) is 9.90. The summed E-state index contributed by atoms with van der Waals surface area (Å²) in [6.45, 7) is 0. The molecule has 0 amide bonds. The van der Waals surface area contributed by atoms with Crippen molar-refractivity contribution >= 4 is 0 Å². The van der Waals surface area contributed by atoms with E-state index in [-0.39, 0.29) is 5.92 Å². The molecule has 1 heteroatoms. The zero-order valence-corrected chi connectivity index (χ0v) is 9.47. The van der Waals surface area contributed by atoms with Gasteiger partial charge in [0.1, 0.15) is 0 Å². The van der Waals surface area contributed by atoms with Crippen molar-refractivity contribution in [1.29, 1.82) is 5.26 Å². The van der Waals surface area contributed by atoms with Crippen LogP contribution in [0.2, 0.25) is 0 Å². The van der Waals surface area contributed by atoms with E-state index in [2.05, 4.69) is 36.4 Å². The molecule has 0 unspecified atom stereocenters. The lowest BCUT2D eigenvalue weighted by Crippen LogP contribution is -2.37. The highest BCUT2D eigenvalue weighted by Gasteiger charge is 2.44. The number of hydrogen-bond donors (Lipinski definition) is 0. The molecule has 0 aromatic heterocycles. The summed E-state index contributed by atoms with van der Waals surface area (Å²) in [4.78, 5) is 0. The zero-order chi connectivity index (χ0) is 11.0. The van der Waals surface area contributed by atoms with Gasteiger partial charge in [-0.15, -0.1) is 0 Å². The molecule has 1 aromatic rings. The molecular formula is C15H17N. The highest BCUT2D eigenvalue weighted by molar-refractivity contribution is 5.25. The quantitative estimate of drug-likeness (QED) is 0.694. The number of nitriles is 1. The normalized spacial score (nSPS) is 36.9. The maximum atomic E-state index is 9.39. The Morgan fingerprint density at radius 3 is 2.19 bits per heavy atom. The molecule has 4 rings (SSSR count). The van der Waals surface area contributed by atoms with Gasteiger partial charge in [0.15, 0.2) is 0 Å². The number of rotatable bonds is 1. The lowest BCUT2D eigenvalue weighted by molar-refractivity contribution is 0.100. The Morgan fingerprint density at radius 2 is 1.56 bits per heavy atom. The van der Waals surface area contributed by atoms with Crippen LogP contribution in [0.5, 0.6) is 0 Å². The summed E-state index contributed by atoms with van der Waals surface area (Å²) in [6, 6.07) is 13.3. The molecule has 1 nitrogen and oxygen atoms in total. The van der Waals surface area contributed by atoms with Gasteiger partial charge >= 0.3 is 0 Å². The van der Waals surface area contributed by atoms with Crippen LogP contribution in [-0.2, 0) is 0 Å². The van der Waals surface area contributed by atoms with Crippen LogP contribution in [0, 0.1) is 29.1 Å². The van der Waals surface area contributed by atoms with Gasteiger partial charge in [-0.25, -0.2) is 0 Å². The van der Waals surface area contributed by atoms with E-state index < -0.39 is 0 Å². The summed E-state index contributed by atoms with van der Waals surface area (Å²) in [5.74, 6) is 2.21. The smallest absolute Gasteiger partial charge is 0.0665 e. The second kappa shape index (κ2) is 3.94. The molecule has 2 bridgehead atoms. The molecule has 16 heavy (non-hydrogen) atoms. The molecule has 3 saturated carbocycles. The van der Waals surface area contributed by atoms with Crippen molar-refractivity contribution in [3.63, 3.8) is 0 Å². The predicted octanol–water partition coefficient (Wildman–Crippen LogP) is 3.73. The van der Waals surface area contributed by atoms with E-state index in [0.29, 0.717) is 11.8 Å². The molecule has 3 aliphatic carbocycles. The van der Waals surface area contributed by atoms with Crippen LogP contribution in [0.4, 0.5) is 0 Å². The standard InChI is InChI=1S/C15H17N/c16-10-14-11-6-8-13(9-7-11)15(14)12-4-2-1-3-5-12/h1-5,11,13-15H,6-9H2/t11?,13?,14-,15+/m1/s1. The van der Waals surface area contributed by atoms with Crippen molar-refractivity contribution in [2.75, 3.05) is 0 Å². The maximum Gasteiger partial charge on any atom is 0.0665 e. The van der Waals surface area contributed by atoms with E-state index >= 15 is 0 Å². The van der Waals surface area contributed by atoms with Gasteiger partial charge < -0.3 is 0 Å². The van der Waals surface area contributed by atoms with Crippen LogP contribution in [0.1, 0.15) is 37.2 Å². The minimum Gasteiger partial charge on any atom is -0.198 e. The Hall–Kier alpha value is -1.29. The number of hydrogen-bond acceptors (Lipinski definition) is 1.